The van der Waals surface area contributed by atoms with Gasteiger partial charge in [0.05, 0.1) is 39.7 Å². The number of nitrogens with zero attached hydrogens (tertiary/aromatic N) is 3. The molecule has 0 aliphatic carbocycles. The number of amides is 3. The topological polar surface area (TPSA) is 106 Å². The van der Waals surface area contributed by atoms with Gasteiger partial charge in [-0.2, -0.15) is 13.2 Å². The monoisotopic (exact) mass is 530 g/mol. The molecule has 0 spiro atoms. The van der Waals surface area contributed by atoms with Crippen LogP contribution < -0.4 is 10.2 Å². The smallest absolute Gasteiger partial charge is 0.388 e. The van der Waals surface area contributed by atoms with Crippen molar-refractivity contribution in [2.75, 3.05) is 29.9 Å². The maximum Gasteiger partial charge on any atom is 0.417 e. The second kappa shape index (κ2) is 9.65. The van der Waals surface area contributed by atoms with Gasteiger partial charge in [-0.15, -0.1) is 0 Å². The Hall–Kier alpha value is -2.86. The number of alkyl halides is 3. The van der Waals surface area contributed by atoms with Crippen LogP contribution in [-0.4, -0.2) is 63.9 Å². The van der Waals surface area contributed by atoms with Crippen LogP contribution in [0.2, 0.25) is 10.0 Å². The summed E-state index contributed by atoms with van der Waals surface area (Å²) < 4.78 is 38.5. The quantitative estimate of drug-likeness (QED) is 0.559. The predicted molar refractivity (Wildman–Crippen MR) is 123 cm³/mol. The zero-order valence-electron chi connectivity index (χ0n) is 17.9. The van der Waals surface area contributed by atoms with Gasteiger partial charge in [0.15, 0.2) is 6.10 Å². The van der Waals surface area contributed by atoms with Crippen molar-refractivity contribution in [2.24, 2.45) is 0 Å². The van der Waals surface area contributed by atoms with E-state index in [9.17, 15) is 33.0 Å². The molecule has 1 aromatic carbocycles. The highest BCUT2D eigenvalue weighted by Crippen LogP contribution is 2.36. The van der Waals surface area contributed by atoms with Crippen LogP contribution in [0.3, 0.4) is 0 Å². The molecule has 0 bridgehead atoms. The summed E-state index contributed by atoms with van der Waals surface area (Å²) in [5.74, 6) is -0.643. The molecule has 2 aliphatic heterocycles. The predicted octanol–water partition coefficient (Wildman–Crippen LogP) is 3.80. The Balaban J connectivity index is 1.41. The van der Waals surface area contributed by atoms with Gasteiger partial charge in [-0.3, -0.25) is 9.78 Å². The number of β-amino-alcohol motifs (C(OH)–C–C–N with tert-alkyl or cyclic N) is 1. The van der Waals surface area contributed by atoms with Crippen LogP contribution in [0.25, 0.3) is 5.57 Å². The number of pyridine rings is 1. The molecule has 3 N–H and O–H groups in total. The minimum atomic E-state index is -4.59. The Kier molecular flexibility index (Phi) is 6.96. The van der Waals surface area contributed by atoms with Gasteiger partial charge < -0.3 is 25.3 Å². The number of aromatic nitrogens is 1. The maximum atomic E-state index is 12.8. The van der Waals surface area contributed by atoms with Gasteiger partial charge in [0, 0.05) is 18.8 Å². The molecular formula is C22H19Cl2F3N4O4. The van der Waals surface area contributed by atoms with Crippen molar-refractivity contribution in [3.8, 4) is 0 Å². The maximum absolute atomic E-state index is 12.8. The minimum Gasteiger partial charge on any atom is -0.388 e. The van der Waals surface area contributed by atoms with E-state index in [2.05, 4.69) is 10.3 Å². The molecule has 186 valence electrons. The van der Waals surface area contributed by atoms with Gasteiger partial charge in [-0.25, -0.2) is 4.79 Å². The number of benzene rings is 1. The van der Waals surface area contributed by atoms with E-state index in [4.69, 9.17) is 23.2 Å². The lowest BCUT2D eigenvalue weighted by Gasteiger charge is -2.27. The van der Waals surface area contributed by atoms with Gasteiger partial charge >= 0.3 is 12.2 Å². The van der Waals surface area contributed by atoms with Crippen molar-refractivity contribution in [1.82, 2.24) is 9.88 Å². The molecule has 2 aliphatic rings. The molecule has 35 heavy (non-hydrogen) atoms. The summed E-state index contributed by atoms with van der Waals surface area (Å²) in [7, 11) is 0. The van der Waals surface area contributed by atoms with Gasteiger partial charge in [-0.05, 0) is 36.3 Å². The Morgan fingerprint density at radius 1 is 1.17 bits per heavy atom. The third-order valence-corrected chi connectivity index (χ3v) is 6.32. The highest BCUT2D eigenvalue weighted by Gasteiger charge is 2.39. The Labute approximate surface area is 207 Å². The summed E-state index contributed by atoms with van der Waals surface area (Å²) >= 11 is 12.1. The molecule has 3 heterocycles. The van der Waals surface area contributed by atoms with Crippen molar-refractivity contribution < 1.29 is 33.0 Å². The van der Waals surface area contributed by atoms with Crippen molar-refractivity contribution in [1.29, 1.82) is 0 Å². The molecule has 0 radical (unpaired) electrons. The van der Waals surface area contributed by atoms with Crippen LogP contribution in [0, 0.1) is 0 Å². The van der Waals surface area contributed by atoms with Crippen molar-refractivity contribution >= 4 is 52.1 Å². The lowest BCUT2D eigenvalue weighted by atomic mass is 10.0. The average Bonchev–Trinajstić information content (AvgIpc) is 3.05. The van der Waals surface area contributed by atoms with Crippen LogP contribution in [0.5, 0.6) is 0 Å². The normalized spacial score (nSPS) is 20.8. The zero-order valence-corrected chi connectivity index (χ0v) is 19.4. The van der Waals surface area contributed by atoms with Crippen LogP contribution in [-0.2, 0) is 11.0 Å². The fourth-order valence-corrected chi connectivity index (χ4v) is 4.41. The number of hydrogen-bond acceptors (Lipinski definition) is 5. The summed E-state index contributed by atoms with van der Waals surface area (Å²) in [6, 6.07) is 3.99. The molecule has 8 nitrogen and oxygen atoms in total. The number of nitrogens with one attached hydrogen (secondary N) is 1. The minimum absolute atomic E-state index is 0.0751. The summed E-state index contributed by atoms with van der Waals surface area (Å²) in [4.78, 5) is 31.6. The fraction of sp³-hybridized carbons (Fsp3) is 0.318. The highest BCUT2D eigenvalue weighted by molar-refractivity contribution is 6.32. The van der Waals surface area contributed by atoms with Gasteiger partial charge in [0.2, 0.25) is 0 Å². The van der Waals surface area contributed by atoms with E-state index in [1.54, 1.807) is 6.08 Å². The number of anilines is 2. The Morgan fingerprint density at radius 3 is 2.46 bits per heavy atom. The molecule has 2 atom stereocenters. The van der Waals surface area contributed by atoms with E-state index in [0.29, 0.717) is 24.3 Å². The number of hydrogen-bond donors (Lipinski definition) is 3. The van der Waals surface area contributed by atoms with E-state index in [1.165, 1.54) is 22.1 Å². The standard InChI is InChI=1S/C22H19Cl2F3N4O4/c23-15-7-12(1-2-14(15)22(25,26)27)29-21(35)30-5-3-11(4-6-30)18-16(24)8-13(9-28-18)31-10-17(32)19(33)20(31)34/h1-3,7-9,17,19,32-33H,4-6,10H2,(H,29,35). The molecule has 4 rings (SSSR count). The Morgan fingerprint density at radius 2 is 1.91 bits per heavy atom. The number of urea groups is 1. The van der Waals surface area contributed by atoms with Gasteiger partial charge in [0.1, 0.15) is 6.10 Å². The van der Waals surface area contributed by atoms with E-state index in [-0.39, 0.29) is 23.8 Å². The summed E-state index contributed by atoms with van der Waals surface area (Å²) in [5.41, 5.74) is 0.732. The SMILES string of the molecule is O=C(Nc1ccc(C(F)(F)F)c(Cl)c1)N1CC=C(c2ncc(N3CC(O)C(O)C3=O)cc2Cl)CC1. The lowest BCUT2D eigenvalue weighted by Crippen LogP contribution is -2.38. The van der Waals surface area contributed by atoms with E-state index < -0.39 is 40.9 Å². The van der Waals surface area contributed by atoms with Crippen LogP contribution in [0.1, 0.15) is 17.7 Å². The van der Waals surface area contributed by atoms with Crippen LogP contribution in [0.4, 0.5) is 29.3 Å². The van der Waals surface area contributed by atoms with E-state index in [0.717, 1.165) is 23.8 Å². The zero-order chi connectivity index (χ0) is 25.5. The number of aliphatic hydroxyl groups excluding tert-OH is 2. The molecule has 1 fully saturated rings. The van der Waals surface area contributed by atoms with Crippen molar-refractivity contribution in [2.45, 2.75) is 24.8 Å². The molecule has 1 aromatic heterocycles. The summed E-state index contributed by atoms with van der Waals surface area (Å²) in [6.45, 7) is 0.432. The third-order valence-electron chi connectivity index (χ3n) is 5.72. The number of halogens is 5. The first-order valence-corrected chi connectivity index (χ1v) is 11.2. The first kappa shape index (κ1) is 25.2. The lowest BCUT2D eigenvalue weighted by molar-refractivity contribution is -0.137. The molecule has 2 unspecified atom stereocenters. The van der Waals surface area contributed by atoms with Crippen LogP contribution >= 0.6 is 23.2 Å². The van der Waals surface area contributed by atoms with Crippen molar-refractivity contribution in [3.63, 3.8) is 0 Å². The number of carbonyl (C=O) groups is 2. The van der Waals surface area contributed by atoms with Crippen LogP contribution in [0.15, 0.2) is 36.5 Å². The van der Waals surface area contributed by atoms with E-state index in [1.807, 2.05) is 0 Å². The first-order chi connectivity index (χ1) is 16.5. The molecule has 3 amide bonds. The first-order valence-electron chi connectivity index (χ1n) is 10.4. The van der Waals surface area contributed by atoms with Gasteiger partial charge in [0.25, 0.3) is 5.91 Å². The second-order valence-electron chi connectivity index (χ2n) is 8.03. The number of rotatable bonds is 3. The summed E-state index contributed by atoms with van der Waals surface area (Å²) in [5, 5.41) is 21.6. The van der Waals surface area contributed by atoms with Crippen molar-refractivity contribution in [3.05, 3.63) is 57.8 Å². The molecule has 2 aromatic rings. The average molecular weight is 531 g/mol. The molecule has 1 saturated heterocycles. The fourth-order valence-electron chi connectivity index (χ4n) is 3.84. The number of aliphatic hydroxyl groups is 2. The molecular weight excluding hydrogens is 512 g/mol. The highest BCUT2D eigenvalue weighted by atomic mass is 35.5. The molecule has 13 heteroatoms. The molecule has 0 saturated carbocycles. The number of carbonyl (C=O) groups excluding carboxylic acids is 2. The Bertz CT molecular complexity index is 1210. The third kappa shape index (κ3) is 5.22. The second-order valence-corrected chi connectivity index (χ2v) is 8.85. The van der Waals surface area contributed by atoms with E-state index >= 15 is 0 Å². The largest absolute Gasteiger partial charge is 0.417 e. The summed E-state index contributed by atoms with van der Waals surface area (Å²) in [6.07, 6.45) is -3.70. The van der Waals surface area contributed by atoms with Gasteiger partial charge in [-0.1, -0.05) is 29.3 Å².